The van der Waals surface area contributed by atoms with Gasteiger partial charge in [0.05, 0.1) is 13.1 Å². The lowest BCUT2D eigenvalue weighted by Gasteiger charge is -2.09. The summed E-state index contributed by atoms with van der Waals surface area (Å²) >= 11 is 0. The molecule has 0 aliphatic heterocycles. The van der Waals surface area contributed by atoms with Crippen molar-refractivity contribution in [2.24, 2.45) is 4.99 Å². The molecule has 0 amide bonds. The summed E-state index contributed by atoms with van der Waals surface area (Å²) < 4.78 is 10.6. The van der Waals surface area contributed by atoms with Gasteiger partial charge in [0.15, 0.2) is 5.96 Å². The Hall–Kier alpha value is -2.36. The second-order valence-corrected chi connectivity index (χ2v) is 5.49. The van der Waals surface area contributed by atoms with Gasteiger partial charge in [0.1, 0.15) is 23.4 Å². The maximum Gasteiger partial charge on any atom is 0.226 e. The maximum absolute atomic E-state index is 5.53. The van der Waals surface area contributed by atoms with E-state index in [1.807, 2.05) is 50.2 Å². The van der Waals surface area contributed by atoms with E-state index in [1.165, 1.54) is 0 Å². The van der Waals surface area contributed by atoms with Crippen LogP contribution in [0.1, 0.15) is 24.1 Å². The summed E-state index contributed by atoms with van der Waals surface area (Å²) in [5.74, 6) is 2.07. The number of rotatable bonds is 6. The number of aliphatic imine (C=N–C) groups is 1. The first-order chi connectivity index (χ1) is 12.2. The lowest BCUT2D eigenvalue weighted by molar-refractivity contribution is 0.390. The van der Waals surface area contributed by atoms with Gasteiger partial charge in [-0.2, -0.15) is 0 Å². The fourth-order valence-electron chi connectivity index (χ4n) is 2.27. The molecule has 26 heavy (non-hydrogen) atoms. The third kappa shape index (κ3) is 5.58. The summed E-state index contributed by atoms with van der Waals surface area (Å²) in [7, 11) is 0. The monoisotopic (exact) mass is 467 g/mol. The van der Waals surface area contributed by atoms with Crippen molar-refractivity contribution in [2.45, 2.75) is 26.9 Å². The molecule has 3 aromatic rings. The van der Waals surface area contributed by atoms with Crippen LogP contribution in [0.2, 0.25) is 0 Å². The molecule has 0 saturated heterocycles. The number of nitrogens with one attached hydrogen (secondary N) is 2. The van der Waals surface area contributed by atoms with E-state index in [2.05, 4.69) is 25.8 Å². The Morgan fingerprint density at radius 2 is 1.96 bits per heavy atom. The Labute approximate surface area is 169 Å². The molecule has 0 spiro atoms. The first-order valence-electron chi connectivity index (χ1n) is 8.19. The third-order valence-electron chi connectivity index (χ3n) is 3.43. The number of aryl methyl sites for hydroxylation is 1. The minimum absolute atomic E-state index is 0. The van der Waals surface area contributed by atoms with Crippen molar-refractivity contribution < 1.29 is 8.94 Å². The number of hydrogen-bond donors (Lipinski definition) is 2. The van der Waals surface area contributed by atoms with Crippen LogP contribution in [0, 0.1) is 6.92 Å². The topological polar surface area (TPSA) is 88.5 Å². The summed E-state index contributed by atoms with van der Waals surface area (Å²) in [6, 6.07) is 11.7. The number of aromatic nitrogens is 2. The highest BCUT2D eigenvalue weighted by molar-refractivity contribution is 14.0. The smallest absolute Gasteiger partial charge is 0.226 e. The SMILES string of the molecule is CCNC(=NCc1coc(-c2ccccc2)n1)NCc1cc(C)on1.I. The van der Waals surface area contributed by atoms with Crippen molar-refractivity contribution in [1.82, 2.24) is 20.8 Å². The van der Waals surface area contributed by atoms with E-state index in [1.54, 1.807) is 6.26 Å². The zero-order valence-corrected chi connectivity index (χ0v) is 17.1. The minimum atomic E-state index is 0. The molecule has 0 bridgehead atoms. The Bertz CT molecular complexity index is 829. The normalized spacial score (nSPS) is 11.1. The number of guanidine groups is 1. The molecule has 0 fully saturated rings. The van der Waals surface area contributed by atoms with Gasteiger partial charge >= 0.3 is 0 Å². The Morgan fingerprint density at radius 1 is 1.15 bits per heavy atom. The molecular weight excluding hydrogens is 445 g/mol. The Morgan fingerprint density at radius 3 is 2.65 bits per heavy atom. The molecule has 2 N–H and O–H groups in total. The summed E-state index contributed by atoms with van der Waals surface area (Å²) in [6.45, 7) is 5.60. The van der Waals surface area contributed by atoms with Crippen molar-refractivity contribution in [1.29, 1.82) is 0 Å². The van der Waals surface area contributed by atoms with E-state index in [0.717, 1.165) is 29.3 Å². The van der Waals surface area contributed by atoms with E-state index in [-0.39, 0.29) is 24.0 Å². The second kappa shape index (κ2) is 9.95. The predicted octanol–water partition coefficient (Wildman–Crippen LogP) is 3.51. The van der Waals surface area contributed by atoms with Crippen LogP contribution in [0.25, 0.3) is 11.5 Å². The van der Waals surface area contributed by atoms with E-state index >= 15 is 0 Å². The molecule has 7 nitrogen and oxygen atoms in total. The fourth-order valence-corrected chi connectivity index (χ4v) is 2.27. The van der Waals surface area contributed by atoms with Crippen LogP contribution in [-0.4, -0.2) is 22.6 Å². The van der Waals surface area contributed by atoms with Crippen LogP contribution in [0.3, 0.4) is 0 Å². The first-order valence-corrected chi connectivity index (χ1v) is 8.19. The maximum atomic E-state index is 5.53. The molecule has 2 heterocycles. The lowest BCUT2D eigenvalue weighted by atomic mass is 10.2. The van der Waals surface area contributed by atoms with E-state index < -0.39 is 0 Å². The zero-order valence-electron chi connectivity index (χ0n) is 14.7. The van der Waals surface area contributed by atoms with Gasteiger partial charge < -0.3 is 19.6 Å². The fraction of sp³-hybridized carbons (Fsp3) is 0.278. The average Bonchev–Trinajstić information content (AvgIpc) is 3.27. The van der Waals surface area contributed by atoms with Crippen LogP contribution >= 0.6 is 24.0 Å². The predicted molar refractivity (Wildman–Crippen MR) is 110 cm³/mol. The highest BCUT2D eigenvalue weighted by Gasteiger charge is 2.07. The van der Waals surface area contributed by atoms with Crippen LogP contribution in [-0.2, 0) is 13.1 Å². The second-order valence-electron chi connectivity index (χ2n) is 5.49. The molecule has 2 aromatic heterocycles. The highest BCUT2D eigenvalue weighted by Crippen LogP contribution is 2.18. The van der Waals surface area contributed by atoms with Crippen LogP contribution in [0.15, 0.2) is 56.6 Å². The summed E-state index contributed by atoms with van der Waals surface area (Å²) in [4.78, 5) is 9.00. The van der Waals surface area contributed by atoms with E-state index in [0.29, 0.717) is 24.9 Å². The van der Waals surface area contributed by atoms with Gasteiger partial charge in [-0.15, -0.1) is 24.0 Å². The van der Waals surface area contributed by atoms with Gasteiger partial charge in [-0.3, -0.25) is 0 Å². The third-order valence-corrected chi connectivity index (χ3v) is 3.43. The molecular formula is C18H22IN5O2. The number of oxazole rings is 1. The molecule has 138 valence electrons. The number of halogens is 1. The molecule has 8 heteroatoms. The first kappa shape index (κ1) is 20.0. The molecule has 0 radical (unpaired) electrons. The van der Waals surface area contributed by atoms with Gasteiger partial charge in [0, 0.05) is 18.2 Å². The van der Waals surface area contributed by atoms with Crippen LogP contribution in [0.4, 0.5) is 0 Å². The van der Waals surface area contributed by atoms with Gasteiger partial charge in [0.25, 0.3) is 0 Å². The van der Waals surface area contributed by atoms with Crippen molar-refractivity contribution in [3.05, 3.63) is 59.8 Å². The standard InChI is InChI=1S/C18H21N5O2.HI/c1-3-19-18(20-10-15-9-13(2)25-23-15)21-11-16-12-24-17(22-16)14-7-5-4-6-8-14;/h4-9,12H,3,10-11H2,1-2H3,(H2,19,20,21);1H. The lowest BCUT2D eigenvalue weighted by Crippen LogP contribution is -2.36. The molecule has 3 rings (SSSR count). The average molecular weight is 467 g/mol. The molecule has 1 aromatic carbocycles. The Kier molecular flexibility index (Phi) is 7.64. The molecule has 0 atom stereocenters. The van der Waals surface area contributed by atoms with Gasteiger partial charge in [0.2, 0.25) is 5.89 Å². The largest absolute Gasteiger partial charge is 0.444 e. The quantitative estimate of drug-likeness (QED) is 0.328. The van der Waals surface area contributed by atoms with E-state index in [9.17, 15) is 0 Å². The van der Waals surface area contributed by atoms with E-state index in [4.69, 9.17) is 8.94 Å². The molecule has 0 aliphatic rings. The molecule has 0 unspecified atom stereocenters. The van der Waals surface area contributed by atoms with Gasteiger partial charge in [-0.05, 0) is 26.0 Å². The number of benzene rings is 1. The summed E-state index contributed by atoms with van der Waals surface area (Å²) in [5, 5.41) is 10.4. The van der Waals surface area contributed by atoms with Crippen LogP contribution in [0.5, 0.6) is 0 Å². The minimum Gasteiger partial charge on any atom is -0.444 e. The number of nitrogens with zero attached hydrogens (tertiary/aromatic N) is 3. The molecule has 0 aliphatic carbocycles. The van der Waals surface area contributed by atoms with Gasteiger partial charge in [-0.25, -0.2) is 9.98 Å². The highest BCUT2D eigenvalue weighted by atomic mass is 127. The van der Waals surface area contributed by atoms with Crippen molar-refractivity contribution >= 4 is 29.9 Å². The zero-order chi connectivity index (χ0) is 17.5. The van der Waals surface area contributed by atoms with Crippen molar-refractivity contribution in [2.75, 3.05) is 6.54 Å². The summed E-state index contributed by atoms with van der Waals surface area (Å²) in [6.07, 6.45) is 1.64. The summed E-state index contributed by atoms with van der Waals surface area (Å²) in [5.41, 5.74) is 2.55. The molecule has 0 saturated carbocycles. The van der Waals surface area contributed by atoms with Crippen molar-refractivity contribution in [3.8, 4) is 11.5 Å². The van der Waals surface area contributed by atoms with Crippen LogP contribution < -0.4 is 10.6 Å². The van der Waals surface area contributed by atoms with Gasteiger partial charge in [-0.1, -0.05) is 23.4 Å². The Balaban J connectivity index is 0.00000243. The number of hydrogen-bond acceptors (Lipinski definition) is 5. The van der Waals surface area contributed by atoms with Crippen molar-refractivity contribution in [3.63, 3.8) is 0 Å².